The molecule has 0 fully saturated rings. The summed E-state index contributed by atoms with van der Waals surface area (Å²) in [6, 6.07) is 17.5. The molecule has 0 saturated carbocycles. The number of hydrogen-bond donors (Lipinski definition) is 1. The van der Waals surface area contributed by atoms with Gasteiger partial charge in [0.05, 0.1) is 28.1 Å². The van der Waals surface area contributed by atoms with Crippen LogP contribution in [0, 0.1) is 0 Å². The molecule has 3 aromatic carbocycles. The molecule has 12 heteroatoms. The highest BCUT2D eigenvalue weighted by Crippen LogP contribution is 2.35. The molecule has 6 nitrogen and oxygen atoms in total. The molecule has 36 heavy (non-hydrogen) atoms. The topological polar surface area (TPSA) is 78.8 Å². The fourth-order valence-corrected chi connectivity index (χ4v) is 4.93. The first-order chi connectivity index (χ1) is 16.5. The van der Waals surface area contributed by atoms with Gasteiger partial charge in [-0.05, 0) is 54.4 Å². The summed E-state index contributed by atoms with van der Waals surface area (Å²) in [5.74, 6) is -0.364. The number of hydrogen-bond acceptors (Lipinski definition) is 4. The minimum Gasteiger partial charge on any atom is -0.246 e. The van der Waals surface area contributed by atoms with E-state index in [1.807, 2.05) is 35.1 Å². The normalized spacial score (nSPS) is 17.8. The summed E-state index contributed by atoms with van der Waals surface area (Å²) in [6.07, 6.45) is -4.62. The summed E-state index contributed by atoms with van der Waals surface area (Å²) in [7, 11) is -4.45. The number of benzene rings is 3. The number of sulfonamides is 1. The highest BCUT2D eigenvalue weighted by Gasteiger charge is 2.40. The van der Waals surface area contributed by atoms with Gasteiger partial charge in [-0.3, -0.25) is 0 Å². The number of urea groups is 1. The second kappa shape index (κ2) is 10.5. The van der Waals surface area contributed by atoms with E-state index in [9.17, 15) is 26.4 Å². The van der Waals surface area contributed by atoms with Gasteiger partial charge >= 0.3 is 12.2 Å². The Hall–Kier alpha value is -3.08. The van der Waals surface area contributed by atoms with Crippen molar-refractivity contribution in [2.45, 2.75) is 30.0 Å². The van der Waals surface area contributed by atoms with E-state index in [0.29, 0.717) is 28.4 Å². The van der Waals surface area contributed by atoms with Crippen molar-refractivity contribution in [3.63, 3.8) is 0 Å². The lowest BCUT2D eigenvalue weighted by Crippen LogP contribution is -2.43. The molecule has 1 aliphatic rings. The van der Waals surface area contributed by atoms with Gasteiger partial charge < -0.3 is 0 Å². The number of nitrogens with one attached hydrogen (secondary N) is 1. The number of nitrogens with zero attached hydrogens (tertiary/aromatic N) is 2. The minimum absolute atomic E-state index is 0. The molecule has 1 N–H and O–H groups in total. The molecule has 2 amide bonds. The second-order valence-electron chi connectivity index (χ2n) is 7.90. The van der Waals surface area contributed by atoms with Crippen molar-refractivity contribution in [3.8, 4) is 0 Å². The molecule has 0 radical (unpaired) electrons. The van der Waals surface area contributed by atoms with E-state index < -0.39 is 38.7 Å². The van der Waals surface area contributed by atoms with Gasteiger partial charge in [-0.2, -0.15) is 18.3 Å². The van der Waals surface area contributed by atoms with Crippen LogP contribution in [0.4, 0.5) is 18.0 Å². The fraction of sp³-hybridized carbons (Fsp3) is 0.167. The summed E-state index contributed by atoms with van der Waals surface area (Å²) >= 11 is 6.00. The van der Waals surface area contributed by atoms with Crippen LogP contribution in [0.15, 0.2) is 88.9 Å². The zero-order valence-electron chi connectivity index (χ0n) is 18.6. The molecule has 0 aromatic heterocycles. The van der Waals surface area contributed by atoms with Crippen LogP contribution in [0.2, 0.25) is 5.02 Å². The van der Waals surface area contributed by atoms with Gasteiger partial charge in [0.1, 0.15) is 0 Å². The molecule has 0 saturated heterocycles. The SMILES string of the molecule is C[C@@H]1[C@@H](c2ccccc2)C(c2ccc(Cl)cc2)=NN1C(=O)NS(=O)(=O)c1ccc(C(F)(F)F)cc1.Cl. The van der Waals surface area contributed by atoms with E-state index in [0.717, 1.165) is 22.7 Å². The van der Waals surface area contributed by atoms with Crippen LogP contribution in [0.3, 0.4) is 0 Å². The zero-order valence-corrected chi connectivity index (χ0v) is 21.0. The lowest BCUT2D eigenvalue weighted by atomic mass is 9.86. The Balaban J connectivity index is 0.00000361. The molecular weight excluding hydrogens is 538 g/mol. The molecule has 190 valence electrons. The fourth-order valence-electron chi connectivity index (χ4n) is 3.87. The Morgan fingerprint density at radius 2 is 1.56 bits per heavy atom. The Bertz CT molecular complexity index is 1370. The third-order valence-electron chi connectivity index (χ3n) is 5.60. The summed E-state index contributed by atoms with van der Waals surface area (Å²) < 4.78 is 65.7. The smallest absolute Gasteiger partial charge is 0.246 e. The maximum absolute atomic E-state index is 13.0. The minimum atomic E-state index is -4.62. The van der Waals surface area contributed by atoms with Crippen molar-refractivity contribution in [1.29, 1.82) is 0 Å². The Morgan fingerprint density at radius 3 is 2.11 bits per heavy atom. The van der Waals surface area contributed by atoms with Crippen LogP contribution < -0.4 is 4.72 Å². The Kier molecular flexibility index (Phi) is 8.02. The number of amides is 2. The molecule has 3 aromatic rings. The van der Waals surface area contributed by atoms with Crippen LogP contribution in [0.1, 0.15) is 29.5 Å². The largest absolute Gasteiger partial charge is 0.416 e. The second-order valence-corrected chi connectivity index (χ2v) is 10.0. The van der Waals surface area contributed by atoms with Crippen LogP contribution >= 0.6 is 24.0 Å². The number of halogens is 5. The average Bonchev–Trinajstić information content (AvgIpc) is 3.16. The molecule has 0 bridgehead atoms. The van der Waals surface area contributed by atoms with Crippen LogP contribution in [0.25, 0.3) is 0 Å². The monoisotopic (exact) mass is 557 g/mol. The third kappa shape index (κ3) is 5.66. The van der Waals surface area contributed by atoms with Gasteiger partial charge in [-0.25, -0.2) is 22.9 Å². The van der Waals surface area contributed by atoms with Crippen molar-refractivity contribution in [3.05, 3.63) is 101 Å². The van der Waals surface area contributed by atoms with E-state index in [2.05, 4.69) is 5.10 Å². The van der Waals surface area contributed by atoms with E-state index in [4.69, 9.17) is 11.6 Å². The first-order valence-electron chi connectivity index (χ1n) is 10.4. The van der Waals surface area contributed by atoms with Gasteiger partial charge in [0.15, 0.2) is 0 Å². The third-order valence-corrected chi connectivity index (χ3v) is 7.19. The van der Waals surface area contributed by atoms with Gasteiger partial charge in [-0.1, -0.05) is 54.1 Å². The van der Waals surface area contributed by atoms with Crippen molar-refractivity contribution in [2.24, 2.45) is 5.10 Å². The van der Waals surface area contributed by atoms with Gasteiger partial charge in [-0.15, -0.1) is 12.4 Å². The predicted octanol–water partition coefficient (Wildman–Crippen LogP) is 6.07. The number of alkyl halides is 3. The lowest BCUT2D eigenvalue weighted by Gasteiger charge is -2.23. The van der Waals surface area contributed by atoms with Crippen molar-refractivity contribution in [2.75, 3.05) is 0 Å². The molecule has 0 spiro atoms. The summed E-state index contributed by atoms with van der Waals surface area (Å²) in [4.78, 5) is 12.5. The maximum atomic E-state index is 13.0. The van der Waals surface area contributed by atoms with Crippen molar-refractivity contribution < 1.29 is 26.4 Å². The van der Waals surface area contributed by atoms with Gasteiger partial charge in [0.25, 0.3) is 10.0 Å². The predicted molar refractivity (Wildman–Crippen MR) is 133 cm³/mol. The van der Waals surface area contributed by atoms with E-state index in [-0.39, 0.29) is 18.3 Å². The number of carbonyl (C=O) groups excluding carboxylic acids is 1. The molecule has 1 aliphatic heterocycles. The summed E-state index contributed by atoms with van der Waals surface area (Å²) in [5, 5.41) is 5.99. The molecule has 2 atom stereocenters. The van der Waals surface area contributed by atoms with Crippen molar-refractivity contribution >= 4 is 45.8 Å². The molecule has 0 unspecified atom stereocenters. The quantitative estimate of drug-likeness (QED) is 0.422. The first kappa shape index (κ1) is 27.5. The maximum Gasteiger partial charge on any atom is 0.416 e. The highest BCUT2D eigenvalue weighted by atomic mass is 35.5. The van der Waals surface area contributed by atoms with Crippen molar-refractivity contribution in [1.82, 2.24) is 9.73 Å². The van der Waals surface area contributed by atoms with Crippen LogP contribution in [0.5, 0.6) is 0 Å². The lowest BCUT2D eigenvalue weighted by molar-refractivity contribution is -0.137. The first-order valence-corrected chi connectivity index (χ1v) is 12.3. The number of rotatable bonds is 4. The standard InChI is InChI=1S/C24H19ClF3N3O3S.ClH/c1-15-21(16-5-3-2-4-6-16)22(17-7-11-19(25)12-8-17)29-31(15)23(32)30-35(33,34)20-13-9-18(10-14-20)24(26,27)28;/h2-15,21H,1H3,(H,30,32);1H/t15-,21+;/m1./s1. The Morgan fingerprint density at radius 1 is 0.972 bits per heavy atom. The van der Waals surface area contributed by atoms with Crippen LogP contribution in [-0.4, -0.2) is 31.2 Å². The zero-order chi connectivity index (χ0) is 25.4. The number of carbonyl (C=O) groups is 1. The van der Waals surface area contributed by atoms with E-state index >= 15 is 0 Å². The molecule has 1 heterocycles. The average molecular weight is 558 g/mol. The van der Waals surface area contributed by atoms with Gasteiger partial charge in [0.2, 0.25) is 0 Å². The highest BCUT2D eigenvalue weighted by molar-refractivity contribution is 7.90. The molecular formula is C24H20Cl2F3N3O3S. The van der Waals surface area contributed by atoms with E-state index in [1.54, 1.807) is 31.2 Å². The Labute approximate surface area is 217 Å². The summed E-state index contributed by atoms with van der Waals surface area (Å²) in [6.45, 7) is 1.73. The van der Waals surface area contributed by atoms with E-state index in [1.165, 1.54) is 0 Å². The van der Waals surface area contributed by atoms with Crippen LogP contribution in [-0.2, 0) is 16.2 Å². The van der Waals surface area contributed by atoms with Gasteiger partial charge in [0, 0.05) is 5.02 Å². The molecule has 0 aliphatic carbocycles. The molecule has 4 rings (SSSR count). The summed E-state index contributed by atoms with van der Waals surface area (Å²) in [5.41, 5.74) is 1.12. The number of hydrazone groups is 1.